The third-order valence-corrected chi connectivity index (χ3v) is 4.82. The predicted octanol–water partition coefficient (Wildman–Crippen LogP) is 4.57. The summed E-state index contributed by atoms with van der Waals surface area (Å²) >= 11 is 1.45. The van der Waals surface area contributed by atoms with Crippen molar-refractivity contribution >= 4 is 38.4 Å². The Hall–Kier alpha value is -2.80. The van der Waals surface area contributed by atoms with E-state index in [2.05, 4.69) is 21.7 Å². The maximum atomic E-state index is 12.3. The van der Waals surface area contributed by atoms with E-state index < -0.39 is 0 Å². The number of urea groups is 1. The number of hydrogen-bond acceptors (Lipinski definition) is 5. The van der Waals surface area contributed by atoms with Gasteiger partial charge in [0.25, 0.3) is 0 Å². The number of nitrogens with zero attached hydrogens (tertiary/aromatic N) is 1. The molecule has 2 N–H and O–H groups in total. The van der Waals surface area contributed by atoms with Crippen LogP contribution in [0.25, 0.3) is 10.2 Å². The van der Waals surface area contributed by atoms with Gasteiger partial charge in [0, 0.05) is 6.07 Å². The molecule has 3 rings (SSSR count). The van der Waals surface area contributed by atoms with Crippen LogP contribution in [0.3, 0.4) is 0 Å². The van der Waals surface area contributed by atoms with Crippen molar-refractivity contribution in [2.75, 3.05) is 24.9 Å². The van der Waals surface area contributed by atoms with Crippen molar-refractivity contribution in [3.63, 3.8) is 0 Å². The molecule has 0 saturated carbocycles. The summed E-state index contributed by atoms with van der Waals surface area (Å²) in [6, 6.07) is 8.92. The molecule has 0 unspecified atom stereocenters. The molecule has 25 heavy (non-hydrogen) atoms. The summed E-state index contributed by atoms with van der Waals surface area (Å²) in [6.07, 6.45) is 0. The Morgan fingerprint density at radius 3 is 2.60 bits per heavy atom. The number of carbonyl (C=O) groups is 1. The topological polar surface area (TPSA) is 72.5 Å². The van der Waals surface area contributed by atoms with Crippen LogP contribution < -0.4 is 20.1 Å². The molecule has 2 amide bonds. The van der Waals surface area contributed by atoms with Gasteiger partial charge in [-0.25, -0.2) is 9.78 Å². The minimum Gasteiger partial charge on any atom is -0.497 e. The number of methoxy groups -OCH3 is 2. The number of thiazole rings is 1. The molecule has 0 spiro atoms. The van der Waals surface area contributed by atoms with Crippen LogP contribution >= 0.6 is 11.3 Å². The standard InChI is InChI=1S/C18H19N3O3S/c1-10-7-11(2)16-14(8-10)20-18(25-16)21-17(22)19-13-6-5-12(23-3)9-15(13)24-4/h5-9H,1-4H3,(H2,19,20,21,22). The second-order valence-electron chi connectivity index (χ2n) is 5.59. The molecule has 0 aliphatic rings. The fourth-order valence-electron chi connectivity index (χ4n) is 2.58. The Balaban J connectivity index is 1.78. The smallest absolute Gasteiger partial charge is 0.325 e. The lowest BCUT2D eigenvalue weighted by Crippen LogP contribution is -2.19. The molecule has 0 saturated heterocycles. The van der Waals surface area contributed by atoms with Crippen molar-refractivity contribution in [3.05, 3.63) is 41.5 Å². The molecule has 0 aliphatic carbocycles. The third-order valence-electron chi connectivity index (χ3n) is 3.70. The highest BCUT2D eigenvalue weighted by molar-refractivity contribution is 7.22. The minimum atomic E-state index is -0.378. The molecule has 0 bridgehead atoms. The van der Waals surface area contributed by atoms with Crippen molar-refractivity contribution < 1.29 is 14.3 Å². The van der Waals surface area contributed by atoms with Crippen LogP contribution in [0.15, 0.2) is 30.3 Å². The molecule has 0 radical (unpaired) electrons. The largest absolute Gasteiger partial charge is 0.497 e. The molecule has 0 atom stereocenters. The zero-order valence-corrected chi connectivity index (χ0v) is 15.3. The van der Waals surface area contributed by atoms with Gasteiger partial charge in [-0.3, -0.25) is 5.32 Å². The molecule has 0 aliphatic heterocycles. The SMILES string of the molecule is COc1ccc(NC(=O)Nc2nc3cc(C)cc(C)c3s2)c(OC)c1. The molecule has 1 heterocycles. The van der Waals surface area contributed by atoms with Gasteiger partial charge in [0.05, 0.1) is 30.1 Å². The van der Waals surface area contributed by atoms with Crippen LogP contribution in [-0.2, 0) is 0 Å². The second kappa shape index (κ2) is 6.98. The maximum Gasteiger partial charge on any atom is 0.325 e. The minimum absolute atomic E-state index is 0.378. The number of hydrogen-bond donors (Lipinski definition) is 2. The highest BCUT2D eigenvalue weighted by Gasteiger charge is 2.12. The summed E-state index contributed by atoms with van der Waals surface area (Å²) in [7, 11) is 3.11. The van der Waals surface area contributed by atoms with Gasteiger partial charge >= 0.3 is 6.03 Å². The monoisotopic (exact) mass is 357 g/mol. The summed E-state index contributed by atoms with van der Waals surface area (Å²) in [4.78, 5) is 16.8. The summed E-state index contributed by atoms with van der Waals surface area (Å²) < 4.78 is 11.5. The molecular weight excluding hydrogens is 338 g/mol. The van der Waals surface area contributed by atoms with Crippen LogP contribution in [0, 0.1) is 13.8 Å². The van der Waals surface area contributed by atoms with Crippen molar-refractivity contribution in [1.82, 2.24) is 4.98 Å². The Bertz CT molecular complexity index is 937. The van der Waals surface area contributed by atoms with Crippen molar-refractivity contribution in [1.29, 1.82) is 0 Å². The van der Waals surface area contributed by atoms with E-state index >= 15 is 0 Å². The van der Waals surface area contributed by atoms with E-state index in [4.69, 9.17) is 9.47 Å². The summed E-state index contributed by atoms with van der Waals surface area (Å²) in [5.41, 5.74) is 3.74. The highest BCUT2D eigenvalue weighted by Crippen LogP contribution is 2.31. The van der Waals surface area contributed by atoms with E-state index in [0.717, 1.165) is 21.3 Å². The molecular formula is C18H19N3O3S. The Labute approximate surface area is 149 Å². The summed E-state index contributed by atoms with van der Waals surface area (Å²) in [6.45, 7) is 4.07. The molecule has 2 aromatic carbocycles. The van der Waals surface area contributed by atoms with Crippen LogP contribution in [0.5, 0.6) is 11.5 Å². The van der Waals surface area contributed by atoms with Gasteiger partial charge in [0.15, 0.2) is 5.13 Å². The quantitative estimate of drug-likeness (QED) is 0.717. The van der Waals surface area contributed by atoms with Gasteiger partial charge in [-0.05, 0) is 43.2 Å². The Morgan fingerprint density at radius 2 is 1.88 bits per heavy atom. The van der Waals surface area contributed by atoms with Crippen molar-refractivity contribution in [3.8, 4) is 11.5 Å². The van der Waals surface area contributed by atoms with Crippen LogP contribution in [-0.4, -0.2) is 25.2 Å². The average Bonchev–Trinajstić information content (AvgIpc) is 2.97. The third kappa shape index (κ3) is 3.66. The number of amides is 2. The molecule has 0 fully saturated rings. The fourth-order valence-corrected chi connectivity index (χ4v) is 3.49. The number of nitrogens with one attached hydrogen (secondary N) is 2. The van der Waals surface area contributed by atoms with Gasteiger partial charge in [-0.15, -0.1) is 0 Å². The number of anilines is 2. The predicted molar refractivity (Wildman–Crippen MR) is 101 cm³/mol. The summed E-state index contributed by atoms with van der Waals surface area (Å²) in [5.74, 6) is 1.17. The molecule has 7 heteroatoms. The first kappa shape index (κ1) is 17.0. The van der Waals surface area contributed by atoms with E-state index in [1.54, 1.807) is 25.3 Å². The van der Waals surface area contributed by atoms with E-state index in [-0.39, 0.29) is 6.03 Å². The maximum absolute atomic E-state index is 12.3. The number of ether oxygens (including phenoxy) is 2. The lowest BCUT2D eigenvalue weighted by molar-refractivity contribution is 0.262. The lowest BCUT2D eigenvalue weighted by Gasteiger charge is -2.11. The Morgan fingerprint density at radius 1 is 1.08 bits per heavy atom. The first-order valence-electron chi connectivity index (χ1n) is 7.68. The molecule has 1 aromatic heterocycles. The number of aromatic nitrogens is 1. The number of benzene rings is 2. The molecule has 130 valence electrons. The Kier molecular flexibility index (Phi) is 4.76. The van der Waals surface area contributed by atoms with Crippen LogP contribution in [0.4, 0.5) is 15.6 Å². The number of fused-ring (bicyclic) bond motifs is 1. The highest BCUT2D eigenvalue weighted by atomic mass is 32.1. The van der Waals surface area contributed by atoms with E-state index in [0.29, 0.717) is 22.3 Å². The second-order valence-corrected chi connectivity index (χ2v) is 6.59. The van der Waals surface area contributed by atoms with Crippen LogP contribution in [0.2, 0.25) is 0 Å². The van der Waals surface area contributed by atoms with Gasteiger partial charge in [0.2, 0.25) is 0 Å². The summed E-state index contributed by atoms with van der Waals surface area (Å²) in [5, 5.41) is 6.09. The van der Waals surface area contributed by atoms with Gasteiger partial charge in [0.1, 0.15) is 11.5 Å². The number of carbonyl (C=O) groups excluding carboxylic acids is 1. The van der Waals surface area contributed by atoms with Crippen LogP contribution in [0.1, 0.15) is 11.1 Å². The molecule has 3 aromatic rings. The van der Waals surface area contributed by atoms with Crippen molar-refractivity contribution in [2.45, 2.75) is 13.8 Å². The van der Waals surface area contributed by atoms with Gasteiger partial charge in [-0.2, -0.15) is 0 Å². The number of rotatable bonds is 4. The van der Waals surface area contributed by atoms with Crippen molar-refractivity contribution in [2.24, 2.45) is 0 Å². The first-order chi connectivity index (χ1) is 12.0. The first-order valence-corrected chi connectivity index (χ1v) is 8.49. The fraction of sp³-hybridized carbons (Fsp3) is 0.222. The number of aryl methyl sites for hydroxylation is 2. The zero-order chi connectivity index (χ0) is 18.0. The van der Waals surface area contributed by atoms with Gasteiger partial charge < -0.3 is 14.8 Å². The zero-order valence-electron chi connectivity index (χ0n) is 14.5. The van der Waals surface area contributed by atoms with E-state index in [1.165, 1.54) is 18.4 Å². The van der Waals surface area contributed by atoms with Gasteiger partial charge in [-0.1, -0.05) is 17.4 Å². The normalized spacial score (nSPS) is 10.6. The van der Waals surface area contributed by atoms with E-state index in [9.17, 15) is 4.79 Å². The van der Waals surface area contributed by atoms with E-state index in [1.807, 2.05) is 19.9 Å². The lowest BCUT2D eigenvalue weighted by atomic mass is 10.1. The average molecular weight is 357 g/mol. The molecule has 6 nitrogen and oxygen atoms in total.